The molecule has 25 heavy (non-hydrogen) atoms. The molecule has 0 spiro atoms. The van der Waals surface area contributed by atoms with Crippen LogP contribution in [0.4, 0.5) is 5.69 Å². The van der Waals surface area contributed by atoms with Crippen LogP contribution < -0.4 is 0 Å². The fourth-order valence-corrected chi connectivity index (χ4v) is 3.99. The van der Waals surface area contributed by atoms with Crippen LogP contribution in [0.15, 0.2) is 47.4 Å². The average Bonchev–Trinajstić information content (AvgIpc) is 2.93. The van der Waals surface area contributed by atoms with Crippen molar-refractivity contribution < 1.29 is 18.1 Å². The molecule has 0 saturated heterocycles. The summed E-state index contributed by atoms with van der Waals surface area (Å²) in [6.07, 6.45) is 0. The van der Waals surface area contributed by atoms with Gasteiger partial charge >= 0.3 is 0 Å². The molecule has 1 heterocycles. The van der Waals surface area contributed by atoms with Crippen molar-refractivity contribution in [1.29, 1.82) is 0 Å². The number of methoxy groups -OCH3 is 1. The van der Waals surface area contributed by atoms with Gasteiger partial charge in [-0.05, 0) is 25.1 Å². The summed E-state index contributed by atoms with van der Waals surface area (Å²) in [4.78, 5) is 14.7. The van der Waals surface area contributed by atoms with Crippen molar-refractivity contribution in [1.82, 2.24) is 8.96 Å². The number of nitro benzene ring substituents is 1. The number of nitrogens with zero attached hydrogens (tertiary/aromatic N) is 3. The van der Waals surface area contributed by atoms with Gasteiger partial charge < -0.3 is 4.74 Å². The monoisotopic (exact) mass is 361 g/mol. The number of non-ortho nitro benzene ring substituents is 1. The molecule has 0 bridgehead atoms. The van der Waals surface area contributed by atoms with Crippen molar-refractivity contribution in [2.45, 2.75) is 18.4 Å². The summed E-state index contributed by atoms with van der Waals surface area (Å²) in [6, 6.07) is 10.3. The normalized spacial score (nSPS) is 11.8. The minimum absolute atomic E-state index is 0.0480. The van der Waals surface area contributed by atoms with Gasteiger partial charge in [0.15, 0.2) is 0 Å². The number of imidazole rings is 1. The van der Waals surface area contributed by atoms with Gasteiger partial charge in [0.25, 0.3) is 15.7 Å². The minimum Gasteiger partial charge on any atom is -0.377 e. The summed E-state index contributed by atoms with van der Waals surface area (Å²) >= 11 is 0. The smallest absolute Gasteiger partial charge is 0.271 e. The van der Waals surface area contributed by atoms with Crippen LogP contribution in [0.1, 0.15) is 11.4 Å². The number of ether oxygens (including phenoxy) is 1. The zero-order valence-electron chi connectivity index (χ0n) is 13.5. The molecule has 0 aliphatic rings. The molecule has 0 radical (unpaired) electrons. The fourth-order valence-electron chi connectivity index (χ4n) is 2.51. The number of benzene rings is 2. The summed E-state index contributed by atoms with van der Waals surface area (Å²) in [5.74, 6) is 0.151. The number of rotatable bonds is 5. The van der Waals surface area contributed by atoms with E-state index in [1.807, 2.05) is 6.92 Å². The molecule has 9 heteroatoms. The minimum atomic E-state index is -3.92. The molecule has 2 aromatic carbocycles. The van der Waals surface area contributed by atoms with Gasteiger partial charge in [-0.1, -0.05) is 17.7 Å². The Morgan fingerprint density at radius 2 is 1.88 bits per heavy atom. The molecule has 0 fully saturated rings. The third-order valence-corrected chi connectivity index (χ3v) is 5.46. The quantitative estimate of drug-likeness (QED) is 0.511. The van der Waals surface area contributed by atoms with Crippen LogP contribution in [0, 0.1) is 17.0 Å². The maximum Gasteiger partial charge on any atom is 0.271 e. The molecule has 0 aliphatic carbocycles. The summed E-state index contributed by atoms with van der Waals surface area (Å²) in [6.45, 7) is 1.81. The van der Waals surface area contributed by atoms with Crippen LogP contribution in [0.3, 0.4) is 0 Å². The standard InChI is InChI=1S/C16H15N3O5S/c1-11-3-6-13(7-4-11)25(22,23)18-15-8-5-12(19(20)21)9-14(15)17-16(18)10-24-2/h3-9H,10H2,1-2H3. The lowest BCUT2D eigenvalue weighted by Gasteiger charge is -2.10. The van der Waals surface area contributed by atoms with Gasteiger partial charge in [0, 0.05) is 19.2 Å². The number of nitro groups is 1. The Morgan fingerprint density at radius 1 is 1.20 bits per heavy atom. The first-order chi connectivity index (χ1) is 11.8. The van der Waals surface area contributed by atoms with E-state index in [4.69, 9.17) is 4.74 Å². The van der Waals surface area contributed by atoms with Crippen LogP contribution in [0.25, 0.3) is 11.0 Å². The van der Waals surface area contributed by atoms with Crippen LogP contribution in [-0.2, 0) is 21.4 Å². The maximum atomic E-state index is 13.1. The van der Waals surface area contributed by atoms with Gasteiger partial charge in [0.2, 0.25) is 0 Å². The fraction of sp³-hybridized carbons (Fsp3) is 0.188. The highest BCUT2D eigenvalue weighted by molar-refractivity contribution is 7.90. The second-order valence-corrected chi connectivity index (χ2v) is 7.26. The van der Waals surface area contributed by atoms with E-state index < -0.39 is 14.9 Å². The van der Waals surface area contributed by atoms with Crippen LogP contribution in [-0.4, -0.2) is 29.4 Å². The van der Waals surface area contributed by atoms with E-state index in [9.17, 15) is 18.5 Å². The Hall–Kier alpha value is -2.78. The Bertz CT molecular complexity index is 1060. The Morgan fingerprint density at radius 3 is 2.48 bits per heavy atom. The van der Waals surface area contributed by atoms with Crippen LogP contribution >= 0.6 is 0 Å². The Labute approximate surface area is 143 Å². The SMILES string of the molecule is COCc1nc2cc([N+](=O)[O-])ccc2n1S(=O)(=O)c1ccc(C)cc1. The first-order valence-electron chi connectivity index (χ1n) is 7.31. The predicted octanol–water partition coefficient (Wildman–Crippen LogP) is 2.64. The molecular weight excluding hydrogens is 346 g/mol. The van der Waals surface area contributed by atoms with Crippen LogP contribution in [0.5, 0.6) is 0 Å². The zero-order chi connectivity index (χ0) is 18.2. The highest BCUT2D eigenvalue weighted by atomic mass is 32.2. The van der Waals surface area contributed by atoms with Crippen molar-refractivity contribution in [2.24, 2.45) is 0 Å². The predicted molar refractivity (Wildman–Crippen MR) is 90.9 cm³/mol. The van der Waals surface area contributed by atoms with Gasteiger partial charge in [-0.25, -0.2) is 17.4 Å². The Balaban J connectivity index is 2.27. The van der Waals surface area contributed by atoms with Crippen molar-refractivity contribution in [2.75, 3.05) is 7.11 Å². The summed E-state index contributed by atoms with van der Waals surface area (Å²) in [5, 5.41) is 10.9. The first-order valence-corrected chi connectivity index (χ1v) is 8.75. The highest BCUT2D eigenvalue weighted by Gasteiger charge is 2.25. The van der Waals surface area contributed by atoms with Crippen molar-refractivity contribution in [3.8, 4) is 0 Å². The van der Waals surface area contributed by atoms with Gasteiger partial charge in [-0.2, -0.15) is 0 Å². The molecule has 3 rings (SSSR count). The highest BCUT2D eigenvalue weighted by Crippen LogP contribution is 2.26. The molecule has 0 saturated carbocycles. The molecule has 130 valence electrons. The van der Waals surface area contributed by atoms with E-state index in [1.54, 1.807) is 12.1 Å². The van der Waals surface area contributed by atoms with Crippen molar-refractivity contribution in [3.05, 3.63) is 64.0 Å². The average molecular weight is 361 g/mol. The molecule has 0 atom stereocenters. The second-order valence-electron chi connectivity index (χ2n) is 5.47. The number of aromatic nitrogens is 2. The molecule has 0 unspecified atom stereocenters. The van der Waals surface area contributed by atoms with E-state index in [0.717, 1.165) is 9.54 Å². The Kier molecular flexibility index (Phi) is 4.27. The molecule has 3 aromatic rings. The van der Waals surface area contributed by atoms with Gasteiger partial charge in [0.05, 0.1) is 20.9 Å². The molecule has 1 aromatic heterocycles. The van der Waals surface area contributed by atoms with E-state index in [2.05, 4.69) is 4.98 Å². The summed E-state index contributed by atoms with van der Waals surface area (Å²) < 4.78 is 32.3. The lowest BCUT2D eigenvalue weighted by atomic mass is 10.2. The van der Waals surface area contributed by atoms with Crippen LogP contribution in [0.2, 0.25) is 0 Å². The molecular formula is C16H15N3O5S. The number of hydrogen-bond donors (Lipinski definition) is 0. The number of hydrogen-bond acceptors (Lipinski definition) is 6. The lowest BCUT2D eigenvalue weighted by molar-refractivity contribution is -0.384. The largest absolute Gasteiger partial charge is 0.377 e. The van der Waals surface area contributed by atoms with E-state index in [1.165, 1.54) is 37.4 Å². The topological polar surface area (TPSA) is 104 Å². The lowest BCUT2D eigenvalue weighted by Crippen LogP contribution is -2.16. The van der Waals surface area contributed by atoms with E-state index in [0.29, 0.717) is 0 Å². The van der Waals surface area contributed by atoms with Gasteiger partial charge in [-0.15, -0.1) is 0 Å². The van der Waals surface area contributed by atoms with Gasteiger partial charge in [0.1, 0.15) is 12.4 Å². The van der Waals surface area contributed by atoms with E-state index >= 15 is 0 Å². The van der Waals surface area contributed by atoms with Gasteiger partial charge in [-0.3, -0.25) is 10.1 Å². The summed E-state index contributed by atoms with van der Waals surface area (Å²) in [7, 11) is -2.50. The summed E-state index contributed by atoms with van der Waals surface area (Å²) in [5.41, 5.74) is 1.26. The molecule has 0 aliphatic heterocycles. The molecule has 0 amide bonds. The van der Waals surface area contributed by atoms with Crippen molar-refractivity contribution in [3.63, 3.8) is 0 Å². The molecule has 8 nitrogen and oxygen atoms in total. The van der Waals surface area contributed by atoms with E-state index in [-0.39, 0.29) is 34.0 Å². The third kappa shape index (κ3) is 2.99. The maximum absolute atomic E-state index is 13.1. The third-order valence-electron chi connectivity index (χ3n) is 3.71. The van der Waals surface area contributed by atoms with Crippen molar-refractivity contribution >= 4 is 26.7 Å². The zero-order valence-corrected chi connectivity index (χ0v) is 14.4. The first kappa shape index (κ1) is 17.1. The molecule has 0 N–H and O–H groups in total. The second kappa shape index (κ2) is 6.26. The number of fused-ring (bicyclic) bond motifs is 1. The number of aryl methyl sites for hydroxylation is 1.